The fourth-order valence-electron chi connectivity index (χ4n) is 1.83. The maximum Gasteiger partial charge on any atom is 0.121 e. The molecule has 2 atom stereocenters. The average molecular weight is 232 g/mol. The molecule has 15 heavy (non-hydrogen) atoms. The smallest absolute Gasteiger partial charge is 0.121 e. The molecular weight excluding hydrogens is 217 g/mol. The zero-order valence-electron chi connectivity index (χ0n) is 8.57. The summed E-state index contributed by atoms with van der Waals surface area (Å²) in [5.74, 6) is 0.781. The first-order valence-corrected chi connectivity index (χ1v) is 4.82. The van der Waals surface area contributed by atoms with E-state index in [1.165, 1.54) is 0 Å². The number of methoxy groups -OCH3 is 1. The van der Waals surface area contributed by atoms with E-state index < -0.39 is 6.17 Å². The predicted octanol–water partition coefficient (Wildman–Crippen LogP) is 2.49. The molecule has 1 aliphatic rings. The van der Waals surface area contributed by atoms with Gasteiger partial charge in [0.05, 0.1) is 13.2 Å². The van der Waals surface area contributed by atoms with Crippen molar-refractivity contribution in [2.75, 3.05) is 13.7 Å². The van der Waals surface area contributed by atoms with Crippen LogP contribution in [-0.4, -0.2) is 19.8 Å². The third kappa shape index (κ3) is 2.61. The van der Waals surface area contributed by atoms with Crippen molar-refractivity contribution in [2.45, 2.75) is 18.6 Å². The van der Waals surface area contributed by atoms with Gasteiger partial charge in [0, 0.05) is 0 Å². The summed E-state index contributed by atoms with van der Waals surface area (Å²) in [5.41, 5.74) is 0.967. The molecule has 0 saturated carbocycles. The molecule has 1 aromatic carbocycles. The Kier molecular flexibility index (Phi) is 4.36. The Morgan fingerprint density at radius 2 is 2.27 bits per heavy atom. The van der Waals surface area contributed by atoms with E-state index in [-0.39, 0.29) is 18.4 Å². The summed E-state index contributed by atoms with van der Waals surface area (Å²) in [7, 11) is 1.62. The quantitative estimate of drug-likeness (QED) is 0.845. The monoisotopic (exact) mass is 231 g/mol. The van der Waals surface area contributed by atoms with Gasteiger partial charge in [0.2, 0.25) is 0 Å². The Bertz CT molecular complexity index is 321. The number of hydrogen-bond acceptors (Lipinski definition) is 2. The highest BCUT2D eigenvalue weighted by molar-refractivity contribution is 5.85. The van der Waals surface area contributed by atoms with Crippen LogP contribution in [0.1, 0.15) is 18.0 Å². The van der Waals surface area contributed by atoms with Crippen LogP contribution in [0.25, 0.3) is 0 Å². The lowest BCUT2D eigenvalue weighted by Gasteiger charge is -2.14. The van der Waals surface area contributed by atoms with Crippen LogP contribution >= 0.6 is 12.4 Å². The molecule has 0 aromatic heterocycles. The summed E-state index contributed by atoms with van der Waals surface area (Å²) in [6, 6.07) is 7.41. The van der Waals surface area contributed by atoms with Crippen molar-refractivity contribution < 1.29 is 9.13 Å². The van der Waals surface area contributed by atoms with Crippen LogP contribution < -0.4 is 10.1 Å². The molecule has 0 bridgehead atoms. The molecule has 1 aliphatic heterocycles. The highest BCUT2D eigenvalue weighted by Gasteiger charge is 2.27. The second kappa shape index (κ2) is 5.33. The van der Waals surface area contributed by atoms with E-state index in [0.29, 0.717) is 6.42 Å². The second-order valence-corrected chi connectivity index (χ2v) is 3.51. The summed E-state index contributed by atoms with van der Waals surface area (Å²) in [6.07, 6.45) is -0.177. The van der Waals surface area contributed by atoms with Crippen molar-refractivity contribution >= 4 is 12.4 Å². The van der Waals surface area contributed by atoms with Gasteiger partial charge in [-0.25, -0.2) is 4.39 Å². The first kappa shape index (κ1) is 12.3. The van der Waals surface area contributed by atoms with Crippen LogP contribution in [0.2, 0.25) is 0 Å². The van der Waals surface area contributed by atoms with Crippen LogP contribution in [0.15, 0.2) is 24.3 Å². The summed E-state index contributed by atoms with van der Waals surface area (Å²) in [4.78, 5) is 0. The largest absolute Gasteiger partial charge is 0.497 e. The number of ether oxygens (including phenoxy) is 1. The maximum absolute atomic E-state index is 13.4. The van der Waals surface area contributed by atoms with Crippen molar-refractivity contribution in [3.63, 3.8) is 0 Å². The summed E-state index contributed by atoms with van der Waals surface area (Å²) < 4.78 is 18.5. The molecule has 0 amide bonds. The molecule has 84 valence electrons. The number of halogens is 2. The fraction of sp³-hybridized carbons (Fsp3) is 0.455. The summed E-state index contributed by atoms with van der Waals surface area (Å²) >= 11 is 0. The number of nitrogens with one attached hydrogen (secondary N) is 1. The summed E-state index contributed by atoms with van der Waals surface area (Å²) in [6.45, 7) is 0.753. The molecule has 2 nitrogen and oxygen atoms in total. The molecular formula is C11H15ClFNO. The van der Waals surface area contributed by atoms with Gasteiger partial charge >= 0.3 is 0 Å². The van der Waals surface area contributed by atoms with E-state index >= 15 is 0 Å². The van der Waals surface area contributed by atoms with Crippen LogP contribution in [0.5, 0.6) is 5.75 Å². The lowest BCUT2D eigenvalue weighted by atomic mass is 10.0. The van der Waals surface area contributed by atoms with Gasteiger partial charge in [0.15, 0.2) is 0 Å². The first-order valence-electron chi connectivity index (χ1n) is 4.82. The second-order valence-electron chi connectivity index (χ2n) is 3.51. The normalized spacial score (nSPS) is 24.7. The molecule has 0 aliphatic carbocycles. The lowest BCUT2D eigenvalue weighted by molar-refractivity contribution is 0.304. The minimum Gasteiger partial charge on any atom is -0.497 e. The van der Waals surface area contributed by atoms with E-state index in [2.05, 4.69) is 5.32 Å². The SMILES string of the molecule is COc1cccc(C2NCCC2F)c1.Cl. The van der Waals surface area contributed by atoms with Crippen molar-refractivity contribution in [2.24, 2.45) is 0 Å². The van der Waals surface area contributed by atoms with Gasteiger partial charge in [-0.1, -0.05) is 12.1 Å². The molecule has 1 fully saturated rings. The van der Waals surface area contributed by atoms with Gasteiger partial charge in [0.25, 0.3) is 0 Å². The Balaban J connectivity index is 0.00000112. The van der Waals surface area contributed by atoms with E-state index in [0.717, 1.165) is 17.9 Å². The molecule has 2 rings (SSSR count). The van der Waals surface area contributed by atoms with E-state index in [9.17, 15) is 4.39 Å². The van der Waals surface area contributed by atoms with Gasteiger partial charge in [-0.2, -0.15) is 0 Å². The number of hydrogen-bond donors (Lipinski definition) is 1. The highest BCUT2D eigenvalue weighted by atomic mass is 35.5. The third-order valence-electron chi connectivity index (χ3n) is 2.60. The van der Waals surface area contributed by atoms with Gasteiger partial charge in [-0.15, -0.1) is 12.4 Å². The summed E-state index contributed by atoms with van der Waals surface area (Å²) in [5, 5.41) is 3.14. The van der Waals surface area contributed by atoms with Crippen LogP contribution in [0.4, 0.5) is 4.39 Å². The Labute approximate surface area is 95.2 Å². The zero-order chi connectivity index (χ0) is 9.97. The molecule has 1 saturated heterocycles. The van der Waals surface area contributed by atoms with Gasteiger partial charge in [-0.3, -0.25) is 0 Å². The lowest BCUT2D eigenvalue weighted by Crippen LogP contribution is -2.18. The molecule has 0 spiro atoms. The highest BCUT2D eigenvalue weighted by Crippen LogP contribution is 2.28. The number of rotatable bonds is 2. The molecule has 1 heterocycles. The predicted molar refractivity (Wildman–Crippen MR) is 60.5 cm³/mol. The minimum atomic E-state index is -0.776. The van der Waals surface area contributed by atoms with Gasteiger partial charge in [-0.05, 0) is 30.7 Å². The Morgan fingerprint density at radius 1 is 1.47 bits per heavy atom. The minimum absolute atomic E-state index is 0. The van der Waals surface area contributed by atoms with Crippen LogP contribution in [0.3, 0.4) is 0 Å². The van der Waals surface area contributed by atoms with Crippen molar-refractivity contribution in [1.29, 1.82) is 0 Å². The molecule has 0 radical (unpaired) electrons. The average Bonchev–Trinajstić information content (AvgIpc) is 2.65. The molecule has 1 N–H and O–H groups in total. The van der Waals surface area contributed by atoms with E-state index in [1.807, 2.05) is 24.3 Å². The van der Waals surface area contributed by atoms with Gasteiger partial charge < -0.3 is 10.1 Å². The molecule has 1 aromatic rings. The van der Waals surface area contributed by atoms with E-state index in [4.69, 9.17) is 4.74 Å². The van der Waals surface area contributed by atoms with Crippen molar-refractivity contribution in [3.05, 3.63) is 29.8 Å². The first-order chi connectivity index (χ1) is 6.81. The fourth-order valence-corrected chi connectivity index (χ4v) is 1.83. The Morgan fingerprint density at radius 3 is 2.87 bits per heavy atom. The zero-order valence-corrected chi connectivity index (χ0v) is 9.39. The Hall–Kier alpha value is -0.800. The standard InChI is InChI=1S/C11H14FNO.ClH/c1-14-9-4-2-3-8(7-9)11-10(12)5-6-13-11;/h2-4,7,10-11,13H,5-6H2,1H3;1H. The van der Waals surface area contributed by atoms with Crippen LogP contribution in [-0.2, 0) is 0 Å². The molecule has 2 unspecified atom stereocenters. The molecule has 4 heteroatoms. The number of alkyl halides is 1. The van der Waals surface area contributed by atoms with E-state index in [1.54, 1.807) is 7.11 Å². The van der Waals surface area contributed by atoms with Crippen molar-refractivity contribution in [3.8, 4) is 5.75 Å². The third-order valence-corrected chi connectivity index (χ3v) is 2.60. The topological polar surface area (TPSA) is 21.3 Å². The van der Waals surface area contributed by atoms with Crippen molar-refractivity contribution in [1.82, 2.24) is 5.32 Å². The van der Waals surface area contributed by atoms with Crippen LogP contribution in [0, 0.1) is 0 Å². The number of benzene rings is 1. The maximum atomic E-state index is 13.4. The van der Waals surface area contributed by atoms with Gasteiger partial charge in [0.1, 0.15) is 11.9 Å².